The van der Waals surface area contributed by atoms with Crippen LogP contribution >= 0.6 is 15.9 Å². The van der Waals surface area contributed by atoms with Crippen LogP contribution in [0.3, 0.4) is 0 Å². The number of hydrogen-bond acceptors (Lipinski definition) is 6. The second-order valence-electron chi connectivity index (χ2n) is 8.96. The molecule has 0 spiro atoms. The van der Waals surface area contributed by atoms with Crippen LogP contribution < -0.4 is 15.6 Å². The fourth-order valence-corrected chi connectivity index (χ4v) is 4.37. The first kappa shape index (κ1) is 28.6. The molecule has 0 saturated heterocycles. The minimum atomic E-state index is -4.41. The summed E-state index contributed by atoms with van der Waals surface area (Å²) in [6, 6.07) is 19.3. The van der Waals surface area contributed by atoms with Crippen LogP contribution in [0.4, 0.5) is 13.2 Å². The van der Waals surface area contributed by atoms with E-state index in [2.05, 4.69) is 26.8 Å². The minimum absolute atomic E-state index is 0.00773. The molecule has 0 saturated carbocycles. The molecule has 3 N–H and O–H groups in total. The lowest BCUT2D eigenvalue weighted by atomic mass is 9.91. The van der Waals surface area contributed by atoms with Crippen molar-refractivity contribution in [3.8, 4) is 5.75 Å². The van der Waals surface area contributed by atoms with Gasteiger partial charge in [0, 0.05) is 36.0 Å². The van der Waals surface area contributed by atoms with Crippen molar-refractivity contribution in [1.29, 1.82) is 0 Å². The van der Waals surface area contributed by atoms with Gasteiger partial charge in [-0.25, -0.2) is 10.4 Å². The number of ether oxygens (including phenoxy) is 2. The first-order valence-electron chi connectivity index (χ1n) is 12.2. The number of amides is 1. The number of hydrogen-bond donors (Lipinski definition) is 3. The van der Waals surface area contributed by atoms with Crippen molar-refractivity contribution < 1.29 is 32.5 Å². The number of carbonyl (C=O) groups is 1. The number of benzene rings is 3. The molecule has 0 fully saturated rings. The lowest BCUT2D eigenvalue weighted by molar-refractivity contribution is -0.137. The van der Waals surface area contributed by atoms with Gasteiger partial charge >= 0.3 is 6.18 Å². The molecule has 0 aromatic heterocycles. The lowest BCUT2D eigenvalue weighted by Crippen LogP contribution is -2.52. The van der Waals surface area contributed by atoms with E-state index in [0.717, 1.165) is 22.2 Å². The number of carbonyl (C=O) groups excluding carboxylic acids is 1. The predicted molar refractivity (Wildman–Crippen MR) is 143 cm³/mol. The fourth-order valence-electron chi connectivity index (χ4n) is 3.94. The maximum absolute atomic E-state index is 13.5. The third kappa shape index (κ3) is 7.37. The van der Waals surface area contributed by atoms with Crippen molar-refractivity contribution in [3.63, 3.8) is 0 Å². The monoisotopic (exact) mass is 605 g/mol. The van der Waals surface area contributed by atoms with Crippen LogP contribution in [0.25, 0.3) is 0 Å². The van der Waals surface area contributed by atoms with E-state index in [-0.39, 0.29) is 26.2 Å². The van der Waals surface area contributed by atoms with Crippen LogP contribution in [0.2, 0.25) is 0 Å². The molecule has 11 heteroatoms. The summed E-state index contributed by atoms with van der Waals surface area (Å²) in [5.41, 5.74) is 5.52. The van der Waals surface area contributed by atoms with Crippen molar-refractivity contribution in [1.82, 2.24) is 10.9 Å². The van der Waals surface area contributed by atoms with Gasteiger partial charge in [0.2, 0.25) is 5.90 Å². The van der Waals surface area contributed by atoms with Crippen LogP contribution in [-0.4, -0.2) is 42.3 Å². The number of rotatable bonds is 11. The first-order chi connectivity index (χ1) is 18.7. The summed E-state index contributed by atoms with van der Waals surface area (Å²) < 4.78 is 50.8. The Morgan fingerprint density at radius 2 is 1.79 bits per heavy atom. The van der Waals surface area contributed by atoms with Crippen LogP contribution in [-0.2, 0) is 28.7 Å². The van der Waals surface area contributed by atoms with E-state index in [9.17, 15) is 18.0 Å². The molecule has 0 radical (unpaired) electrons. The molecular formula is C28H27BrF3N3O4. The number of nitrogens with one attached hydrogen (secondary N) is 2. The zero-order chi connectivity index (χ0) is 27.9. The van der Waals surface area contributed by atoms with E-state index in [0.29, 0.717) is 35.8 Å². The highest BCUT2D eigenvalue weighted by Gasteiger charge is 2.45. The van der Waals surface area contributed by atoms with Gasteiger partial charge in [-0.2, -0.15) is 13.2 Å². The Morgan fingerprint density at radius 3 is 2.46 bits per heavy atom. The molecule has 39 heavy (non-hydrogen) atoms. The maximum atomic E-state index is 13.5. The van der Waals surface area contributed by atoms with Gasteiger partial charge in [-0.15, -0.1) is 0 Å². The Morgan fingerprint density at radius 1 is 1.08 bits per heavy atom. The number of aliphatic imine (C=N–C) groups is 1. The summed E-state index contributed by atoms with van der Waals surface area (Å²) in [5.74, 6) is 0.501. The van der Waals surface area contributed by atoms with Gasteiger partial charge in [-0.05, 0) is 53.6 Å². The molecule has 1 aliphatic rings. The molecule has 0 unspecified atom stereocenters. The number of alkyl halides is 3. The molecular weight excluding hydrogens is 579 g/mol. The second kappa shape index (κ2) is 12.6. The highest BCUT2D eigenvalue weighted by Crippen LogP contribution is 2.31. The first-order valence-corrected chi connectivity index (χ1v) is 13.0. The largest absolute Gasteiger partial charge is 0.494 e. The maximum Gasteiger partial charge on any atom is 0.416 e. The van der Waals surface area contributed by atoms with E-state index in [1.807, 2.05) is 24.3 Å². The molecule has 0 bridgehead atoms. The summed E-state index contributed by atoms with van der Waals surface area (Å²) in [4.78, 5) is 18.2. The van der Waals surface area contributed by atoms with Crippen molar-refractivity contribution >= 4 is 27.7 Å². The molecule has 1 amide bonds. The zero-order valence-corrected chi connectivity index (χ0v) is 22.4. The lowest BCUT2D eigenvalue weighted by Gasteiger charge is -2.24. The second-order valence-corrected chi connectivity index (χ2v) is 9.81. The summed E-state index contributed by atoms with van der Waals surface area (Å²) in [7, 11) is 0. The smallest absolute Gasteiger partial charge is 0.416 e. The van der Waals surface area contributed by atoms with Crippen LogP contribution in [0.15, 0.2) is 82.3 Å². The van der Waals surface area contributed by atoms with Gasteiger partial charge in [0.15, 0.2) is 5.54 Å². The van der Waals surface area contributed by atoms with Gasteiger partial charge < -0.3 is 14.6 Å². The van der Waals surface area contributed by atoms with E-state index in [4.69, 9.17) is 19.6 Å². The third-order valence-electron chi connectivity index (χ3n) is 6.07. The predicted octanol–water partition coefficient (Wildman–Crippen LogP) is 4.81. The number of hydrazine groups is 1. The van der Waals surface area contributed by atoms with Gasteiger partial charge in [0.25, 0.3) is 5.91 Å². The van der Waals surface area contributed by atoms with Crippen molar-refractivity contribution in [2.24, 2.45) is 4.99 Å². The van der Waals surface area contributed by atoms with E-state index in [1.165, 1.54) is 12.1 Å². The van der Waals surface area contributed by atoms with Crippen LogP contribution in [0, 0.1) is 0 Å². The molecule has 7 nitrogen and oxygen atoms in total. The van der Waals surface area contributed by atoms with Gasteiger partial charge in [0.05, 0.1) is 12.2 Å². The van der Waals surface area contributed by atoms with Crippen molar-refractivity contribution in [3.05, 3.63) is 99.5 Å². The summed E-state index contributed by atoms with van der Waals surface area (Å²) in [6.07, 6.45) is -3.64. The number of nitrogens with zero attached hydrogens (tertiary/aromatic N) is 1. The number of aliphatic hydroxyl groups is 1. The summed E-state index contributed by atoms with van der Waals surface area (Å²) in [5, 5.41) is 8.91. The number of halogens is 4. The molecule has 206 valence electrons. The van der Waals surface area contributed by atoms with Crippen molar-refractivity contribution in [2.75, 3.05) is 19.8 Å². The Labute approximate surface area is 232 Å². The Hall–Kier alpha value is -3.41. The molecule has 4 rings (SSSR count). The minimum Gasteiger partial charge on any atom is -0.494 e. The molecule has 3 aromatic carbocycles. The average molecular weight is 606 g/mol. The fraction of sp³-hybridized carbons (Fsp3) is 0.286. The SMILES string of the molecule is O=C(NNCc1ccc(C(F)(F)F)cc1)[C@]1(Cc2ccccc2Br)COC(c2ccc(OCCCO)cc2)=N1. The summed E-state index contributed by atoms with van der Waals surface area (Å²) >= 11 is 3.53. The standard InChI is InChI=1S/C28H27BrF3N3O4/c29-24-5-2-1-4-21(24)16-27(26(37)35-33-17-19-6-10-22(11-7-19)28(30,31)32)18-39-25(34-27)20-8-12-23(13-9-20)38-15-3-14-36/h1-2,4-13,33,36H,3,14-18H2,(H,35,37)/t27-/m0/s1. The van der Waals surface area contributed by atoms with Gasteiger partial charge in [-0.1, -0.05) is 46.3 Å². The molecule has 1 atom stereocenters. The summed E-state index contributed by atoms with van der Waals surface area (Å²) in [6.45, 7) is 0.544. The van der Waals surface area contributed by atoms with Gasteiger partial charge in [-0.3, -0.25) is 10.2 Å². The van der Waals surface area contributed by atoms with Gasteiger partial charge in [0.1, 0.15) is 12.4 Å². The molecule has 1 aliphatic heterocycles. The van der Waals surface area contributed by atoms with Crippen LogP contribution in [0.1, 0.15) is 28.7 Å². The average Bonchev–Trinajstić information content (AvgIpc) is 3.36. The third-order valence-corrected chi connectivity index (χ3v) is 6.85. The normalized spacial score (nSPS) is 16.9. The highest BCUT2D eigenvalue weighted by atomic mass is 79.9. The molecule has 1 heterocycles. The van der Waals surface area contributed by atoms with E-state index >= 15 is 0 Å². The Kier molecular flexibility index (Phi) is 9.26. The molecule has 3 aromatic rings. The van der Waals surface area contributed by atoms with E-state index < -0.39 is 23.2 Å². The highest BCUT2D eigenvalue weighted by molar-refractivity contribution is 9.10. The van der Waals surface area contributed by atoms with Crippen LogP contribution in [0.5, 0.6) is 5.75 Å². The Bertz CT molecular complexity index is 1300. The Balaban J connectivity index is 1.49. The number of aliphatic hydroxyl groups excluding tert-OH is 1. The van der Waals surface area contributed by atoms with E-state index in [1.54, 1.807) is 24.3 Å². The quantitative estimate of drug-likeness (QED) is 0.215. The topological polar surface area (TPSA) is 92.2 Å². The molecule has 0 aliphatic carbocycles. The zero-order valence-electron chi connectivity index (χ0n) is 20.8. The van der Waals surface area contributed by atoms with Crippen molar-refractivity contribution in [2.45, 2.75) is 31.1 Å².